The van der Waals surface area contributed by atoms with Crippen molar-refractivity contribution in [3.8, 4) is 0 Å². The van der Waals surface area contributed by atoms with Gasteiger partial charge in [0.2, 0.25) is 0 Å². The zero-order chi connectivity index (χ0) is 15.6. The summed E-state index contributed by atoms with van der Waals surface area (Å²) in [5.74, 6) is -0.0387. The van der Waals surface area contributed by atoms with Crippen LogP contribution in [0, 0.1) is 0 Å². The van der Waals surface area contributed by atoms with E-state index in [0.717, 1.165) is 32.7 Å². The summed E-state index contributed by atoms with van der Waals surface area (Å²) >= 11 is 1.67. The first-order chi connectivity index (χ1) is 11.3. The van der Waals surface area contributed by atoms with Crippen molar-refractivity contribution < 1.29 is 9.53 Å². The molecule has 1 N–H and O–H groups in total. The third kappa shape index (κ3) is 3.29. The molecule has 1 unspecified atom stereocenters. The van der Waals surface area contributed by atoms with Crippen LogP contribution in [0.2, 0.25) is 0 Å². The van der Waals surface area contributed by atoms with Crippen molar-refractivity contribution in [3.05, 3.63) is 34.3 Å². The standard InChI is InChI=1S/C15H19N5O2S/c21-15(19-6-12(7-19)16-11-3-4-22-10-11)14-9-20(18-17-14)8-13-2-1-5-23-13/h1-2,5,9,11-12,16H,3-4,6-8,10H2. The highest BCUT2D eigenvalue weighted by atomic mass is 32.1. The Morgan fingerprint density at radius 1 is 1.43 bits per heavy atom. The first kappa shape index (κ1) is 14.8. The molecule has 23 heavy (non-hydrogen) atoms. The van der Waals surface area contributed by atoms with Gasteiger partial charge in [0.1, 0.15) is 0 Å². The summed E-state index contributed by atoms with van der Waals surface area (Å²) < 4.78 is 7.07. The number of hydrogen-bond donors (Lipinski definition) is 1. The Bertz CT molecular complexity index is 659. The first-order valence-corrected chi connectivity index (χ1v) is 8.71. The number of amides is 1. The first-order valence-electron chi connectivity index (χ1n) is 7.83. The van der Waals surface area contributed by atoms with Crippen LogP contribution < -0.4 is 5.32 Å². The van der Waals surface area contributed by atoms with Gasteiger partial charge in [-0.05, 0) is 17.9 Å². The predicted octanol–water partition coefficient (Wildman–Crippen LogP) is 0.591. The molecule has 0 radical (unpaired) electrons. The van der Waals surface area contributed by atoms with Crippen molar-refractivity contribution >= 4 is 17.2 Å². The van der Waals surface area contributed by atoms with Gasteiger partial charge in [0.25, 0.3) is 5.91 Å². The Balaban J connectivity index is 1.29. The molecule has 2 fully saturated rings. The molecule has 2 aromatic rings. The van der Waals surface area contributed by atoms with Crippen LogP contribution in [0.15, 0.2) is 23.7 Å². The number of nitrogens with zero attached hydrogens (tertiary/aromatic N) is 4. The van der Waals surface area contributed by atoms with Crippen LogP contribution in [0.5, 0.6) is 0 Å². The molecule has 0 aromatic carbocycles. The lowest BCUT2D eigenvalue weighted by Gasteiger charge is -2.40. The van der Waals surface area contributed by atoms with Gasteiger partial charge in [-0.25, -0.2) is 4.68 Å². The smallest absolute Gasteiger partial charge is 0.276 e. The number of ether oxygens (including phenoxy) is 1. The molecule has 4 rings (SSSR count). The average Bonchev–Trinajstić information content (AvgIpc) is 3.25. The largest absolute Gasteiger partial charge is 0.380 e. The summed E-state index contributed by atoms with van der Waals surface area (Å²) in [5, 5.41) is 13.6. The van der Waals surface area contributed by atoms with Crippen LogP contribution >= 0.6 is 11.3 Å². The number of likely N-dealkylation sites (tertiary alicyclic amines) is 1. The number of carbonyl (C=O) groups is 1. The molecule has 4 heterocycles. The summed E-state index contributed by atoms with van der Waals surface area (Å²) in [7, 11) is 0. The second-order valence-electron chi connectivity index (χ2n) is 6.01. The minimum Gasteiger partial charge on any atom is -0.380 e. The van der Waals surface area contributed by atoms with Crippen molar-refractivity contribution in [1.29, 1.82) is 0 Å². The monoisotopic (exact) mass is 333 g/mol. The fourth-order valence-corrected chi connectivity index (χ4v) is 3.64. The maximum Gasteiger partial charge on any atom is 0.276 e. The zero-order valence-electron chi connectivity index (χ0n) is 12.7. The molecule has 1 amide bonds. The molecular weight excluding hydrogens is 314 g/mol. The Morgan fingerprint density at radius 2 is 2.35 bits per heavy atom. The molecule has 2 aliphatic rings. The number of rotatable bonds is 5. The molecule has 8 heteroatoms. The van der Waals surface area contributed by atoms with E-state index in [1.807, 2.05) is 22.4 Å². The highest BCUT2D eigenvalue weighted by molar-refractivity contribution is 7.09. The van der Waals surface area contributed by atoms with E-state index in [1.54, 1.807) is 22.2 Å². The quantitative estimate of drug-likeness (QED) is 0.867. The lowest BCUT2D eigenvalue weighted by Crippen LogP contribution is -2.61. The third-order valence-electron chi connectivity index (χ3n) is 4.23. The van der Waals surface area contributed by atoms with Gasteiger partial charge in [0, 0.05) is 36.7 Å². The molecule has 2 saturated heterocycles. The average molecular weight is 333 g/mol. The molecule has 2 aromatic heterocycles. The number of nitrogens with one attached hydrogen (secondary N) is 1. The van der Waals surface area contributed by atoms with Crippen LogP contribution in [0.4, 0.5) is 0 Å². The Kier molecular flexibility index (Phi) is 4.11. The van der Waals surface area contributed by atoms with Crippen molar-refractivity contribution in [3.63, 3.8) is 0 Å². The van der Waals surface area contributed by atoms with Crippen LogP contribution in [-0.2, 0) is 11.3 Å². The topological polar surface area (TPSA) is 72.3 Å². The lowest BCUT2D eigenvalue weighted by molar-refractivity contribution is 0.0542. The molecule has 7 nitrogen and oxygen atoms in total. The summed E-state index contributed by atoms with van der Waals surface area (Å²) in [4.78, 5) is 15.4. The maximum absolute atomic E-state index is 12.4. The van der Waals surface area contributed by atoms with Crippen LogP contribution in [0.3, 0.4) is 0 Å². The van der Waals surface area contributed by atoms with Gasteiger partial charge in [-0.2, -0.15) is 0 Å². The SMILES string of the molecule is O=C(c1cn(Cc2cccs2)nn1)N1CC(NC2CCOC2)C1. The highest BCUT2D eigenvalue weighted by Gasteiger charge is 2.34. The molecule has 0 aliphatic carbocycles. The van der Waals surface area contributed by atoms with Gasteiger partial charge in [0.15, 0.2) is 5.69 Å². The maximum atomic E-state index is 12.4. The van der Waals surface area contributed by atoms with Gasteiger partial charge in [-0.3, -0.25) is 4.79 Å². The molecule has 0 saturated carbocycles. The van der Waals surface area contributed by atoms with Crippen molar-refractivity contribution in [2.24, 2.45) is 0 Å². The van der Waals surface area contributed by atoms with E-state index in [2.05, 4.69) is 15.6 Å². The minimum atomic E-state index is -0.0387. The Hall–Kier alpha value is -1.77. The van der Waals surface area contributed by atoms with Gasteiger partial charge < -0.3 is 15.0 Å². The Labute approximate surface area is 138 Å². The van der Waals surface area contributed by atoms with Gasteiger partial charge in [0.05, 0.1) is 19.3 Å². The second-order valence-corrected chi connectivity index (χ2v) is 7.05. The van der Waals surface area contributed by atoms with Crippen molar-refractivity contribution in [2.75, 3.05) is 26.3 Å². The van der Waals surface area contributed by atoms with E-state index in [9.17, 15) is 4.79 Å². The number of hydrogen-bond acceptors (Lipinski definition) is 6. The van der Waals surface area contributed by atoms with Gasteiger partial charge in [-0.15, -0.1) is 16.4 Å². The van der Waals surface area contributed by atoms with E-state index >= 15 is 0 Å². The van der Waals surface area contributed by atoms with Crippen LogP contribution in [-0.4, -0.2) is 64.2 Å². The van der Waals surface area contributed by atoms with E-state index < -0.39 is 0 Å². The van der Waals surface area contributed by atoms with Crippen molar-refractivity contribution in [1.82, 2.24) is 25.2 Å². The summed E-state index contributed by atoms with van der Waals surface area (Å²) in [6, 6.07) is 4.86. The fourth-order valence-electron chi connectivity index (χ4n) is 2.95. The molecule has 2 aliphatic heterocycles. The zero-order valence-corrected chi connectivity index (χ0v) is 13.5. The van der Waals surface area contributed by atoms with E-state index in [1.165, 1.54) is 4.88 Å². The van der Waals surface area contributed by atoms with Gasteiger partial charge in [-0.1, -0.05) is 11.3 Å². The molecular formula is C15H19N5O2S. The van der Waals surface area contributed by atoms with E-state index in [-0.39, 0.29) is 5.91 Å². The predicted molar refractivity (Wildman–Crippen MR) is 85.5 cm³/mol. The van der Waals surface area contributed by atoms with Crippen LogP contribution in [0.25, 0.3) is 0 Å². The van der Waals surface area contributed by atoms with Crippen molar-refractivity contribution in [2.45, 2.75) is 25.0 Å². The van der Waals surface area contributed by atoms with Crippen LogP contribution in [0.1, 0.15) is 21.8 Å². The fraction of sp³-hybridized carbons (Fsp3) is 0.533. The Morgan fingerprint density at radius 3 is 3.09 bits per heavy atom. The minimum absolute atomic E-state index is 0.0387. The number of thiophene rings is 1. The molecule has 122 valence electrons. The summed E-state index contributed by atoms with van der Waals surface area (Å²) in [6.45, 7) is 3.73. The summed E-state index contributed by atoms with van der Waals surface area (Å²) in [5.41, 5.74) is 0.421. The third-order valence-corrected chi connectivity index (χ3v) is 5.09. The molecule has 0 spiro atoms. The normalized spacial score (nSPS) is 21.6. The van der Waals surface area contributed by atoms with Gasteiger partial charge >= 0.3 is 0 Å². The number of carbonyl (C=O) groups excluding carboxylic acids is 1. The molecule has 0 bridgehead atoms. The second kappa shape index (κ2) is 6.38. The lowest BCUT2D eigenvalue weighted by atomic mass is 10.1. The number of aromatic nitrogens is 3. The highest BCUT2D eigenvalue weighted by Crippen LogP contribution is 2.15. The summed E-state index contributed by atoms with van der Waals surface area (Å²) in [6.07, 6.45) is 2.79. The molecule has 1 atom stereocenters. The van der Waals surface area contributed by atoms with E-state index in [0.29, 0.717) is 24.3 Å². The van der Waals surface area contributed by atoms with E-state index in [4.69, 9.17) is 4.74 Å².